The third kappa shape index (κ3) is 2.20. The summed E-state index contributed by atoms with van der Waals surface area (Å²) in [5, 5.41) is 29.3. The normalized spacial score (nSPS) is 33.0. The lowest BCUT2D eigenvalue weighted by molar-refractivity contribution is -0.0758. The lowest BCUT2D eigenvalue weighted by Gasteiger charge is -2.27. The van der Waals surface area contributed by atoms with E-state index in [9.17, 15) is 14.6 Å². The fraction of sp³-hybridized carbons (Fsp3) is 0.455. The van der Waals surface area contributed by atoms with Gasteiger partial charge in [0.25, 0.3) is 0 Å². The summed E-state index contributed by atoms with van der Waals surface area (Å²) in [7, 11) is 0. The maximum atomic E-state index is 13.5. The largest absolute Gasteiger partial charge is 0.394 e. The van der Waals surface area contributed by atoms with E-state index in [4.69, 9.17) is 28.5 Å². The van der Waals surface area contributed by atoms with E-state index in [2.05, 4.69) is 17.2 Å². The van der Waals surface area contributed by atoms with Crippen LogP contribution in [-0.4, -0.2) is 49.3 Å². The van der Waals surface area contributed by atoms with Crippen LogP contribution in [0.4, 0.5) is 4.39 Å². The Morgan fingerprint density at radius 1 is 1.60 bits per heavy atom. The van der Waals surface area contributed by atoms with Gasteiger partial charge in [0, 0.05) is 6.20 Å². The van der Waals surface area contributed by atoms with E-state index in [1.54, 1.807) is 0 Å². The number of nitrogens with zero attached hydrogens (tertiary/aromatic N) is 1. The first-order valence-electron chi connectivity index (χ1n) is 5.50. The van der Waals surface area contributed by atoms with Gasteiger partial charge < -0.3 is 25.0 Å². The Morgan fingerprint density at radius 3 is 2.80 bits per heavy atom. The van der Waals surface area contributed by atoms with Crippen molar-refractivity contribution < 1.29 is 24.4 Å². The topological polar surface area (TPSA) is 90.6 Å². The Kier molecular flexibility index (Phi) is 4.06. The van der Waals surface area contributed by atoms with Crippen LogP contribution >= 0.6 is 24.4 Å². The van der Waals surface area contributed by atoms with E-state index in [1.807, 2.05) is 5.92 Å². The van der Waals surface area contributed by atoms with Gasteiger partial charge in [-0.05, 0) is 12.2 Å². The van der Waals surface area contributed by atoms with E-state index in [1.165, 1.54) is 0 Å². The molecule has 6 nitrogen and oxygen atoms in total. The van der Waals surface area contributed by atoms with Crippen molar-refractivity contribution in [2.24, 2.45) is 0 Å². The van der Waals surface area contributed by atoms with Crippen LogP contribution in [0.3, 0.4) is 0 Å². The molecule has 1 fully saturated rings. The third-order valence-corrected chi connectivity index (χ3v) is 3.68. The van der Waals surface area contributed by atoms with Gasteiger partial charge in [-0.15, -0.1) is 6.42 Å². The summed E-state index contributed by atoms with van der Waals surface area (Å²) in [6.07, 6.45) is 2.13. The summed E-state index contributed by atoms with van der Waals surface area (Å²) >= 11 is 9.66. The van der Waals surface area contributed by atoms with Crippen LogP contribution in [0.5, 0.6) is 0 Å². The van der Waals surface area contributed by atoms with E-state index in [0.29, 0.717) is 0 Å². The number of aromatic nitrogens is 2. The summed E-state index contributed by atoms with van der Waals surface area (Å²) in [5.41, 5.74) is -2.16. The quantitative estimate of drug-likeness (QED) is 0.454. The van der Waals surface area contributed by atoms with Gasteiger partial charge in [0.05, 0.1) is 6.61 Å². The molecule has 0 radical (unpaired) electrons. The maximum Gasteiger partial charge on any atom is 0.199 e. The molecule has 0 spiro atoms. The minimum atomic E-state index is -2.16. The first kappa shape index (κ1) is 15.2. The first-order chi connectivity index (χ1) is 9.35. The van der Waals surface area contributed by atoms with Gasteiger partial charge in [-0.25, -0.2) is 4.39 Å². The molecule has 1 saturated heterocycles. The Balaban J connectivity index is 2.58. The molecule has 1 aliphatic heterocycles. The molecule has 0 aromatic carbocycles. The van der Waals surface area contributed by atoms with Gasteiger partial charge in [0.1, 0.15) is 16.8 Å². The van der Waals surface area contributed by atoms with Crippen molar-refractivity contribution in [1.82, 2.24) is 9.55 Å². The second kappa shape index (κ2) is 5.33. The summed E-state index contributed by atoms with van der Waals surface area (Å²) in [6.45, 7) is -0.569. The van der Waals surface area contributed by atoms with Crippen LogP contribution in [0.2, 0.25) is 0 Å². The van der Waals surface area contributed by atoms with Crippen LogP contribution in [0, 0.1) is 27.6 Å². The second-order valence-electron chi connectivity index (χ2n) is 4.27. The molecule has 108 valence electrons. The van der Waals surface area contributed by atoms with E-state index in [0.717, 1.165) is 10.8 Å². The average Bonchev–Trinajstić information content (AvgIpc) is 2.67. The number of aliphatic hydroxyl groups excluding tert-OH is 2. The smallest absolute Gasteiger partial charge is 0.199 e. The monoisotopic (exact) mass is 318 g/mol. The molecule has 4 atom stereocenters. The summed E-state index contributed by atoms with van der Waals surface area (Å²) < 4.78 is 19.6. The van der Waals surface area contributed by atoms with E-state index in [-0.39, 0.29) is 9.41 Å². The molecule has 0 amide bonds. The van der Waals surface area contributed by atoms with Crippen LogP contribution in [-0.2, 0) is 4.74 Å². The maximum absolute atomic E-state index is 13.5. The number of ether oxygens (including phenoxy) is 1. The zero-order chi connectivity index (χ0) is 15.1. The average molecular weight is 318 g/mol. The molecule has 20 heavy (non-hydrogen) atoms. The van der Waals surface area contributed by atoms with Crippen molar-refractivity contribution in [2.45, 2.75) is 24.0 Å². The van der Waals surface area contributed by atoms with Crippen molar-refractivity contribution in [2.75, 3.05) is 6.61 Å². The standard InChI is InChI=1S/C11H11FN2O4S2/c1-2-11(17)7(16)6(4-15)18-9(11)14-3-5(12)8(19)13-10(14)20/h1,3,6-7,9,15-17H,4H2,(H,13,19,20)/t6-,7?,9-,11?/m1/s1. The fourth-order valence-corrected chi connectivity index (χ4v) is 2.45. The van der Waals surface area contributed by atoms with Gasteiger partial charge in [0.2, 0.25) is 0 Å². The molecule has 1 aromatic heterocycles. The van der Waals surface area contributed by atoms with Crippen LogP contribution in [0.15, 0.2) is 6.20 Å². The highest BCUT2D eigenvalue weighted by Crippen LogP contribution is 2.38. The van der Waals surface area contributed by atoms with Crippen molar-refractivity contribution in [3.8, 4) is 12.3 Å². The van der Waals surface area contributed by atoms with Crippen LogP contribution in [0.25, 0.3) is 0 Å². The molecule has 0 saturated carbocycles. The van der Waals surface area contributed by atoms with Gasteiger partial charge in [-0.1, -0.05) is 18.1 Å². The molecule has 0 bridgehead atoms. The highest BCUT2D eigenvalue weighted by molar-refractivity contribution is 7.72. The van der Waals surface area contributed by atoms with Gasteiger partial charge >= 0.3 is 0 Å². The molecule has 2 rings (SSSR count). The lowest BCUT2D eigenvalue weighted by atomic mass is 9.95. The molecule has 9 heteroatoms. The van der Waals surface area contributed by atoms with E-state index < -0.39 is 36.5 Å². The van der Waals surface area contributed by atoms with Gasteiger partial charge in [-0.3, -0.25) is 4.57 Å². The Labute approximate surface area is 123 Å². The molecule has 4 N–H and O–H groups in total. The molecule has 0 aliphatic carbocycles. The van der Waals surface area contributed by atoms with Crippen molar-refractivity contribution in [1.29, 1.82) is 0 Å². The van der Waals surface area contributed by atoms with Crippen LogP contribution in [0.1, 0.15) is 6.23 Å². The minimum Gasteiger partial charge on any atom is -0.394 e. The minimum absolute atomic E-state index is 0.0409. The number of hydrogen-bond donors (Lipinski definition) is 4. The van der Waals surface area contributed by atoms with E-state index >= 15 is 0 Å². The number of rotatable bonds is 2. The third-order valence-electron chi connectivity index (χ3n) is 3.07. The predicted octanol–water partition coefficient (Wildman–Crippen LogP) is 0.0292. The number of hydrogen-bond acceptors (Lipinski definition) is 6. The number of halogens is 1. The number of aliphatic hydroxyl groups is 3. The summed E-state index contributed by atoms with van der Waals surface area (Å²) in [5.74, 6) is 1.21. The molecule has 1 aromatic rings. The Bertz CT molecular complexity index is 682. The number of terminal acetylenes is 1. The molecule has 1 aliphatic rings. The first-order valence-corrected chi connectivity index (χ1v) is 6.32. The van der Waals surface area contributed by atoms with Gasteiger partial charge in [-0.2, -0.15) is 0 Å². The molecule has 2 heterocycles. The zero-order valence-corrected chi connectivity index (χ0v) is 11.6. The number of H-pyrrole nitrogens is 1. The Morgan fingerprint density at radius 2 is 2.25 bits per heavy atom. The summed E-state index contributed by atoms with van der Waals surface area (Å²) in [4.78, 5) is 2.41. The molecular weight excluding hydrogens is 307 g/mol. The van der Waals surface area contributed by atoms with Crippen molar-refractivity contribution >= 4 is 24.4 Å². The highest BCUT2D eigenvalue weighted by Gasteiger charge is 2.55. The van der Waals surface area contributed by atoms with Gasteiger partial charge in [0.15, 0.2) is 22.4 Å². The number of aromatic amines is 1. The zero-order valence-electron chi connectivity index (χ0n) is 9.99. The Hall–Kier alpha value is -1.15. The molecular formula is C11H11FN2O4S2. The molecule has 2 unspecified atom stereocenters. The second-order valence-corrected chi connectivity index (χ2v) is 5.06. The predicted molar refractivity (Wildman–Crippen MR) is 71.2 cm³/mol. The lowest BCUT2D eigenvalue weighted by Crippen LogP contribution is -2.46. The highest BCUT2D eigenvalue weighted by atomic mass is 32.1. The fourth-order valence-electron chi connectivity index (χ4n) is 1.99. The van der Waals surface area contributed by atoms with Crippen LogP contribution < -0.4 is 0 Å². The van der Waals surface area contributed by atoms with Crippen molar-refractivity contribution in [3.63, 3.8) is 0 Å². The summed E-state index contributed by atoms with van der Waals surface area (Å²) in [6, 6.07) is 0. The van der Waals surface area contributed by atoms with Crippen molar-refractivity contribution in [3.05, 3.63) is 21.4 Å². The number of nitrogens with one attached hydrogen (secondary N) is 1. The SMILES string of the molecule is C#CC1(O)C(O)[C@@H](CO)O[C@H]1n1cc(F)c(=S)[nH]c1=S.